The van der Waals surface area contributed by atoms with Crippen molar-refractivity contribution in [2.75, 3.05) is 13.1 Å². The molecule has 0 aliphatic carbocycles. The number of nitrogens with zero attached hydrogens (tertiary/aromatic N) is 4. The molecule has 0 spiro atoms. The minimum Gasteiger partial charge on any atom is -0.343 e. The molecule has 0 N–H and O–H groups in total. The van der Waals surface area contributed by atoms with Crippen molar-refractivity contribution in [3.05, 3.63) is 46.7 Å². The normalized spacial score (nSPS) is 16.0. The summed E-state index contributed by atoms with van der Waals surface area (Å²) >= 11 is 3.53. The van der Waals surface area contributed by atoms with Crippen LogP contribution >= 0.6 is 15.9 Å². The molecule has 1 aromatic carbocycles. The molecule has 0 radical (unpaired) electrons. The molecule has 1 amide bonds. The molecule has 22 heavy (non-hydrogen) atoms. The summed E-state index contributed by atoms with van der Waals surface area (Å²) < 4.78 is 1.08. The SMILES string of the molecule is O=C(CCc1ccccc1Br)N1CCC(n2nccn2)CC1. The summed E-state index contributed by atoms with van der Waals surface area (Å²) in [5, 5.41) is 8.38. The lowest BCUT2D eigenvalue weighted by molar-refractivity contribution is -0.132. The topological polar surface area (TPSA) is 51.0 Å². The lowest BCUT2D eigenvalue weighted by atomic mass is 10.0. The summed E-state index contributed by atoms with van der Waals surface area (Å²) in [6.45, 7) is 1.59. The first-order valence-electron chi connectivity index (χ1n) is 7.61. The monoisotopic (exact) mass is 362 g/mol. The van der Waals surface area contributed by atoms with E-state index in [-0.39, 0.29) is 5.91 Å². The highest BCUT2D eigenvalue weighted by atomic mass is 79.9. The number of rotatable bonds is 4. The Morgan fingerprint density at radius 1 is 1.18 bits per heavy atom. The Balaban J connectivity index is 1.49. The van der Waals surface area contributed by atoms with E-state index < -0.39 is 0 Å². The highest BCUT2D eigenvalue weighted by molar-refractivity contribution is 9.10. The van der Waals surface area contributed by atoms with Crippen LogP contribution in [0.2, 0.25) is 0 Å². The Labute approximate surface area is 138 Å². The summed E-state index contributed by atoms with van der Waals surface area (Å²) in [7, 11) is 0. The minimum atomic E-state index is 0.239. The molecule has 0 unspecified atom stereocenters. The summed E-state index contributed by atoms with van der Waals surface area (Å²) in [6.07, 6.45) is 6.60. The zero-order valence-corrected chi connectivity index (χ0v) is 13.9. The van der Waals surface area contributed by atoms with Gasteiger partial charge >= 0.3 is 0 Å². The van der Waals surface area contributed by atoms with E-state index in [0.29, 0.717) is 12.5 Å². The van der Waals surface area contributed by atoms with Crippen molar-refractivity contribution < 1.29 is 4.79 Å². The summed E-state index contributed by atoms with van der Waals surface area (Å²) in [6, 6.07) is 8.40. The quantitative estimate of drug-likeness (QED) is 0.840. The van der Waals surface area contributed by atoms with Crippen molar-refractivity contribution in [2.45, 2.75) is 31.7 Å². The number of hydrogen-bond acceptors (Lipinski definition) is 3. The summed E-state index contributed by atoms with van der Waals surface area (Å²) in [5.74, 6) is 0.239. The van der Waals surface area contributed by atoms with Crippen LogP contribution in [0.3, 0.4) is 0 Å². The van der Waals surface area contributed by atoms with Crippen LogP contribution in [0.25, 0.3) is 0 Å². The van der Waals surface area contributed by atoms with Crippen molar-refractivity contribution in [1.82, 2.24) is 19.9 Å². The van der Waals surface area contributed by atoms with Crippen molar-refractivity contribution in [2.24, 2.45) is 0 Å². The maximum absolute atomic E-state index is 12.3. The van der Waals surface area contributed by atoms with Gasteiger partial charge in [-0.05, 0) is 30.9 Å². The smallest absolute Gasteiger partial charge is 0.222 e. The number of carbonyl (C=O) groups is 1. The Kier molecular flexibility index (Phi) is 4.87. The number of carbonyl (C=O) groups excluding carboxylic acids is 1. The average Bonchev–Trinajstić information content (AvgIpc) is 3.08. The van der Waals surface area contributed by atoms with Crippen LogP contribution in [0.1, 0.15) is 30.9 Å². The molecule has 0 bridgehead atoms. The van der Waals surface area contributed by atoms with E-state index in [2.05, 4.69) is 32.2 Å². The zero-order valence-electron chi connectivity index (χ0n) is 12.4. The Bertz CT molecular complexity index is 621. The fourth-order valence-electron chi connectivity index (χ4n) is 2.86. The van der Waals surface area contributed by atoms with Crippen molar-refractivity contribution >= 4 is 21.8 Å². The maximum Gasteiger partial charge on any atom is 0.222 e. The number of benzene rings is 1. The zero-order chi connectivity index (χ0) is 15.4. The van der Waals surface area contributed by atoms with E-state index in [1.807, 2.05) is 23.1 Å². The number of aromatic nitrogens is 3. The van der Waals surface area contributed by atoms with Gasteiger partial charge in [0.1, 0.15) is 0 Å². The number of aryl methyl sites for hydroxylation is 1. The van der Waals surface area contributed by atoms with Gasteiger partial charge in [-0.2, -0.15) is 15.0 Å². The third kappa shape index (κ3) is 3.55. The highest BCUT2D eigenvalue weighted by Gasteiger charge is 2.24. The molecule has 0 atom stereocenters. The number of likely N-dealkylation sites (tertiary alicyclic amines) is 1. The van der Waals surface area contributed by atoms with E-state index >= 15 is 0 Å². The van der Waals surface area contributed by atoms with Gasteiger partial charge in [0.15, 0.2) is 0 Å². The largest absolute Gasteiger partial charge is 0.343 e. The van der Waals surface area contributed by atoms with Gasteiger partial charge in [-0.1, -0.05) is 34.1 Å². The number of amides is 1. The minimum absolute atomic E-state index is 0.239. The van der Waals surface area contributed by atoms with Gasteiger partial charge in [0.05, 0.1) is 18.4 Å². The molecular formula is C16H19BrN4O. The Morgan fingerprint density at radius 3 is 2.55 bits per heavy atom. The van der Waals surface area contributed by atoms with Gasteiger partial charge in [-0.15, -0.1) is 0 Å². The molecule has 2 heterocycles. The molecule has 1 saturated heterocycles. The lowest BCUT2D eigenvalue weighted by Crippen LogP contribution is -2.39. The Hall–Kier alpha value is -1.69. The molecule has 1 aliphatic rings. The van der Waals surface area contributed by atoms with E-state index in [0.717, 1.165) is 36.8 Å². The molecule has 5 nitrogen and oxygen atoms in total. The van der Waals surface area contributed by atoms with E-state index in [9.17, 15) is 4.79 Å². The molecule has 1 aromatic heterocycles. The molecule has 3 rings (SSSR count). The van der Waals surface area contributed by atoms with Crippen LogP contribution in [0, 0.1) is 0 Å². The van der Waals surface area contributed by atoms with E-state index in [1.165, 1.54) is 5.56 Å². The third-order valence-electron chi connectivity index (χ3n) is 4.15. The summed E-state index contributed by atoms with van der Waals surface area (Å²) in [4.78, 5) is 16.1. The number of halogens is 1. The van der Waals surface area contributed by atoms with Crippen molar-refractivity contribution in [3.63, 3.8) is 0 Å². The third-order valence-corrected chi connectivity index (χ3v) is 4.92. The second kappa shape index (κ2) is 7.05. The molecule has 2 aromatic rings. The molecule has 0 saturated carbocycles. The van der Waals surface area contributed by atoms with Crippen LogP contribution in [-0.2, 0) is 11.2 Å². The van der Waals surface area contributed by atoms with Crippen LogP contribution < -0.4 is 0 Å². The van der Waals surface area contributed by atoms with E-state index in [1.54, 1.807) is 17.2 Å². The van der Waals surface area contributed by atoms with Gasteiger partial charge in [0.25, 0.3) is 0 Å². The molecule has 116 valence electrons. The van der Waals surface area contributed by atoms with Crippen molar-refractivity contribution in [1.29, 1.82) is 0 Å². The highest BCUT2D eigenvalue weighted by Crippen LogP contribution is 2.22. The van der Waals surface area contributed by atoms with Gasteiger partial charge in [-0.25, -0.2) is 0 Å². The first-order chi connectivity index (χ1) is 10.7. The fraction of sp³-hybridized carbons (Fsp3) is 0.438. The maximum atomic E-state index is 12.3. The second-order valence-electron chi connectivity index (χ2n) is 5.55. The predicted octanol–water partition coefficient (Wildman–Crippen LogP) is 2.84. The van der Waals surface area contributed by atoms with Gasteiger partial charge in [0, 0.05) is 24.0 Å². The second-order valence-corrected chi connectivity index (χ2v) is 6.41. The first-order valence-corrected chi connectivity index (χ1v) is 8.40. The van der Waals surface area contributed by atoms with Crippen molar-refractivity contribution in [3.8, 4) is 0 Å². The van der Waals surface area contributed by atoms with Gasteiger partial charge in [-0.3, -0.25) is 4.79 Å². The average molecular weight is 363 g/mol. The lowest BCUT2D eigenvalue weighted by Gasteiger charge is -2.31. The predicted molar refractivity (Wildman–Crippen MR) is 87.3 cm³/mol. The Morgan fingerprint density at radius 2 is 1.86 bits per heavy atom. The van der Waals surface area contributed by atoms with Crippen LogP contribution in [0.5, 0.6) is 0 Å². The first kappa shape index (κ1) is 15.2. The molecule has 1 aliphatic heterocycles. The number of hydrogen-bond donors (Lipinski definition) is 0. The van der Waals surface area contributed by atoms with E-state index in [4.69, 9.17) is 0 Å². The molecule has 1 fully saturated rings. The van der Waals surface area contributed by atoms with Crippen LogP contribution in [0.15, 0.2) is 41.1 Å². The summed E-state index contributed by atoms with van der Waals surface area (Å²) in [5.41, 5.74) is 1.19. The van der Waals surface area contributed by atoms with Crippen LogP contribution in [-0.4, -0.2) is 38.9 Å². The van der Waals surface area contributed by atoms with Crippen LogP contribution in [0.4, 0.5) is 0 Å². The van der Waals surface area contributed by atoms with Gasteiger partial charge < -0.3 is 4.90 Å². The number of piperidine rings is 1. The van der Waals surface area contributed by atoms with Gasteiger partial charge in [0.2, 0.25) is 5.91 Å². The standard InChI is InChI=1S/C16H19BrN4O/c17-15-4-2-1-3-13(15)5-6-16(22)20-11-7-14(8-12-20)21-18-9-10-19-21/h1-4,9-10,14H,5-8,11-12H2. The molecule has 6 heteroatoms. The fourth-order valence-corrected chi connectivity index (χ4v) is 3.34. The molecular weight excluding hydrogens is 344 g/mol.